The summed E-state index contributed by atoms with van der Waals surface area (Å²) in [6.07, 6.45) is 1.65. The predicted molar refractivity (Wildman–Crippen MR) is 90.6 cm³/mol. The lowest BCUT2D eigenvalue weighted by molar-refractivity contribution is 0.337. The molecular weight excluding hydrogens is 310 g/mol. The van der Waals surface area contributed by atoms with E-state index in [2.05, 4.69) is 27.8 Å². The highest BCUT2D eigenvalue weighted by atomic mass is 32.2. The molecule has 0 aliphatic heterocycles. The Morgan fingerprint density at radius 1 is 1.13 bits per heavy atom. The van der Waals surface area contributed by atoms with Crippen molar-refractivity contribution in [2.24, 2.45) is 0 Å². The molecule has 0 fully saturated rings. The molecule has 120 valence electrons. The molecule has 0 atom stereocenters. The highest BCUT2D eigenvalue weighted by molar-refractivity contribution is 7.98. The third-order valence-electron chi connectivity index (χ3n) is 3.40. The van der Waals surface area contributed by atoms with E-state index in [1.165, 1.54) is 0 Å². The quantitative estimate of drug-likeness (QED) is 0.607. The van der Waals surface area contributed by atoms with Crippen LogP contribution >= 0.6 is 11.8 Å². The summed E-state index contributed by atoms with van der Waals surface area (Å²) in [5, 5.41) is 9.46. The second-order valence-corrected chi connectivity index (χ2v) is 5.80. The van der Waals surface area contributed by atoms with Crippen molar-refractivity contribution in [3.05, 3.63) is 48.2 Å². The molecule has 2 heterocycles. The Labute approximate surface area is 139 Å². The second kappa shape index (κ2) is 7.37. The van der Waals surface area contributed by atoms with Crippen molar-refractivity contribution in [2.75, 3.05) is 6.61 Å². The minimum atomic E-state index is 0.662. The SMILES string of the molecule is CCOc1ccccc1CSc1nnc(-c2ccco2)n1CC. The molecule has 0 unspecified atom stereocenters. The second-order valence-electron chi connectivity index (χ2n) is 4.86. The number of thioether (sulfide) groups is 1. The van der Waals surface area contributed by atoms with E-state index >= 15 is 0 Å². The minimum absolute atomic E-state index is 0.662. The van der Waals surface area contributed by atoms with E-state index in [0.29, 0.717) is 6.61 Å². The summed E-state index contributed by atoms with van der Waals surface area (Å²) < 4.78 is 13.2. The molecule has 2 aromatic heterocycles. The zero-order valence-corrected chi connectivity index (χ0v) is 14.0. The van der Waals surface area contributed by atoms with Crippen molar-refractivity contribution < 1.29 is 9.15 Å². The lowest BCUT2D eigenvalue weighted by Crippen LogP contribution is -2.00. The summed E-state index contributed by atoms with van der Waals surface area (Å²) in [6, 6.07) is 11.8. The summed E-state index contributed by atoms with van der Waals surface area (Å²) in [6.45, 7) is 5.52. The van der Waals surface area contributed by atoms with Gasteiger partial charge in [0.25, 0.3) is 0 Å². The van der Waals surface area contributed by atoms with E-state index in [9.17, 15) is 0 Å². The fourth-order valence-corrected chi connectivity index (χ4v) is 3.32. The van der Waals surface area contributed by atoms with E-state index < -0.39 is 0 Å². The lowest BCUT2D eigenvalue weighted by atomic mass is 10.2. The average Bonchev–Trinajstić information content (AvgIpc) is 3.23. The predicted octanol–water partition coefficient (Wildman–Crippen LogP) is 4.25. The topological polar surface area (TPSA) is 53.1 Å². The summed E-state index contributed by atoms with van der Waals surface area (Å²) in [4.78, 5) is 0. The minimum Gasteiger partial charge on any atom is -0.494 e. The molecule has 0 aliphatic rings. The highest BCUT2D eigenvalue weighted by Crippen LogP contribution is 2.29. The molecule has 3 aromatic rings. The van der Waals surface area contributed by atoms with Gasteiger partial charge in [-0.2, -0.15) is 0 Å². The van der Waals surface area contributed by atoms with Crippen LogP contribution in [-0.2, 0) is 12.3 Å². The van der Waals surface area contributed by atoms with Crippen LogP contribution < -0.4 is 4.74 Å². The number of rotatable bonds is 7. The first-order valence-corrected chi connectivity index (χ1v) is 8.62. The normalized spacial score (nSPS) is 10.9. The number of nitrogens with zero attached hydrogens (tertiary/aromatic N) is 3. The number of furan rings is 1. The Hall–Kier alpha value is -2.21. The zero-order chi connectivity index (χ0) is 16.1. The van der Waals surface area contributed by atoms with Crippen LogP contribution in [0.1, 0.15) is 19.4 Å². The van der Waals surface area contributed by atoms with Gasteiger partial charge in [-0.1, -0.05) is 30.0 Å². The van der Waals surface area contributed by atoms with Gasteiger partial charge in [0.15, 0.2) is 16.7 Å². The Kier molecular flexibility index (Phi) is 5.02. The van der Waals surface area contributed by atoms with E-state index in [1.54, 1.807) is 18.0 Å². The molecule has 1 aromatic carbocycles. The molecule has 0 amide bonds. The summed E-state index contributed by atoms with van der Waals surface area (Å²) in [7, 11) is 0. The van der Waals surface area contributed by atoms with Gasteiger partial charge in [-0.25, -0.2) is 0 Å². The van der Waals surface area contributed by atoms with Gasteiger partial charge in [0.1, 0.15) is 5.75 Å². The van der Waals surface area contributed by atoms with Gasteiger partial charge in [-0.15, -0.1) is 10.2 Å². The number of benzene rings is 1. The van der Waals surface area contributed by atoms with E-state index in [1.807, 2.05) is 37.3 Å². The smallest absolute Gasteiger partial charge is 0.200 e. The van der Waals surface area contributed by atoms with Crippen LogP contribution in [0.3, 0.4) is 0 Å². The highest BCUT2D eigenvalue weighted by Gasteiger charge is 2.15. The first-order chi connectivity index (χ1) is 11.3. The van der Waals surface area contributed by atoms with E-state index in [4.69, 9.17) is 9.15 Å². The van der Waals surface area contributed by atoms with Crippen molar-refractivity contribution >= 4 is 11.8 Å². The van der Waals surface area contributed by atoms with E-state index in [0.717, 1.165) is 40.4 Å². The average molecular weight is 329 g/mol. The van der Waals surface area contributed by atoms with Crippen LogP contribution in [0.25, 0.3) is 11.6 Å². The molecular formula is C17H19N3O2S. The number of aromatic nitrogens is 3. The third-order valence-corrected chi connectivity index (χ3v) is 4.42. The molecule has 0 bridgehead atoms. The van der Waals surface area contributed by atoms with Gasteiger partial charge >= 0.3 is 0 Å². The molecule has 0 saturated heterocycles. The fraction of sp³-hybridized carbons (Fsp3) is 0.294. The van der Waals surface area contributed by atoms with Crippen molar-refractivity contribution in [3.8, 4) is 17.3 Å². The molecule has 0 saturated carbocycles. The molecule has 5 nitrogen and oxygen atoms in total. The summed E-state index contributed by atoms with van der Waals surface area (Å²) in [5.74, 6) is 3.21. The first-order valence-electron chi connectivity index (χ1n) is 7.64. The first kappa shape index (κ1) is 15.7. The zero-order valence-electron chi connectivity index (χ0n) is 13.2. The Morgan fingerprint density at radius 2 is 2.00 bits per heavy atom. The number of hydrogen-bond donors (Lipinski definition) is 0. The Balaban J connectivity index is 1.79. The summed E-state index contributed by atoms with van der Waals surface area (Å²) in [5.41, 5.74) is 1.16. The fourth-order valence-electron chi connectivity index (χ4n) is 2.33. The van der Waals surface area contributed by atoms with Gasteiger partial charge < -0.3 is 9.15 Å². The maximum atomic E-state index is 5.67. The van der Waals surface area contributed by atoms with Crippen molar-refractivity contribution in [1.82, 2.24) is 14.8 Å². The van der Waals surface area contributed by atoms with E-state index in [-0.39, 0.29) is 0 Å². The van der Waals surface area contributed by atoms with Crippen LogP contribution in [0.15, 0.2) is 52.2 Å². The van der Waals surface area contributed by atoms with Crippen LogP contribution in [0.2, 0.25) is 0 Å². The standard InChI is InChI=1S/C17H19N3O2S/c1-3-20-16(15-10-7-11-22-15)18-19-17(20)23-12-13-8-5-6-9-14(13)21-4-2/h5-11H,3-4,12H2,1-2H3. The number of ether oxygens (including phenoxy) is 1. The van der Waals surface area contributed by atoms with Gasteiger partial charge in [0.05, 0.1) is 12.9 Å². The van der Waals surface area contributed by atoms with Gasteiger partial charge in [0, 0.05) is 17.9 Å². The number of hydrogen-bond acceptors (Lipinski definition) is 5. The summed E-state index contributed by atoms with van der Waals surface area (Å²) >= 11 is 1.65. The molecule has 6 heteroatoms. The van der Waals surface area contributed by atoms with Gasteiger partial charge in [-0.05, 0) is 32.0 Å². The maximum Gasteiger partial charge on any atom is 0.200 e. The molecule has 0 radical (unpaired) electrons. The maximum absolute atomic E-state index is 5.67. The van der Waals surface area contributed by atoms with Crippen molar-refractivity contribution in [1.29, 1.82) is 0 Å². The van der Waals surface area contributed by atoms with Crippen LogP contribution in [-0.4, -0.2) is 21.4 Å². The van der Waals surface area contributed by atoms with Crippen molar-refractivity contribution in [2.45, 2.75) is 31.3 Å². The molecule has 0 spiro atoms. The van der Waals surface area contributed by atoms with Crippen LogP contribution in [0.4, 0.5) is 0 Å². The molecule has 23 heavy (non-hydrogen) atoms. The molecule has 0 aliphatic carbocycles. The molecule has 0 N–H and O–H groups in total. The number of para-hydroxylation sites is 1. The van der Waals surface area contributed by atoms with Gasteiger partial charge in [-0.3, -0.25) is 4.57 Å². The Morgan fingerprint density at radius 3 is 2.74 bits per heavy atom. The van der Waals surface area contributed by atoms with Gasteiger partial charge in [0.2, 0.25) is 0 Å². The Bertz CT molecular complexity index is 753. The lowest BCUT2D eigenvalue weighted by Gasteiger charge is -2.10. The van der Waals surface area contributed by atoms with Crippen LogP contribution in [0.5, 0.6) is 5.75 Å². The third kappa shape index (κ3) is 3.42. The van der Waals surface area contributed by atoms with Crippen LogP contribution in [0, 0.1) is 0 Å². The largest absolute Gasteiger partial charge is 0.494 e. The van der Waals surface area contributed by atoms with Crippen molar-refractivity contribution in [3.63, 3.8) is 0 Å². The molecule has 3 rings (SSSR count). The monoisotopic (exact) mass is 329 g/mol.